The Morgan fingerprint density at radius 3 is 1.29 bits per heavy atom. The number of hydrogen-bond donors (Lipinski definition) is 4. The number of fused-ring (bicyclic) bond motifs is 2. The van der Waals surface area contributed by atoms with Gasteiger partial charge >= 0.3 is 12.2 Å². The van der Waals surface area contributed by atoms with Crippen LogP contribution in [0.2, 0.25) is 0 Å². The van der Waals surface area contributed by atoms with Crippen LogP contribution in [0.3, 0.4) is 0 Å². The van der Waals surface area contributed by atoms with Crippen molar-refractivity contribution in [2.45, 2.75) is 77.5 Å². The number of imidazole rings is 2. The summed E-state index contributed by atoms with van der Waals surface area (Å²) in [4.78, 5) is 71.3. The second kappa shape index (κ2) is 17.7. The normalized spacial score (nSPS) is 17.5. The van der Waals surface area contributed by atoms with E-state index >= 15 is 0 Å². The van der Waals surface area contributed by atoms with Gasteiger partial charge in [0.15, 0.2) is 0 Å². The topological polar surface area (TPSA) is 175 Å². The molecule has 0 aliphatic carbocycles. The van der Waals surface area contributed by atoms with E-state index < -0.39 is 24.3 Å². The van der Waals surface area contributed by atoms with Crippen LogP contribution in [0.5, 0.6) is 0 Å². The standard InChI is InChI=1S/C48H54N8O6/c1-27(2)41(53-47(59)61-5)45(57)55-19-7-9-39(55)43-49-25-37(51-43)35-17-15-31-21-29(11-13-33(31)23-35)30-12-14-34-24-36(18-16-32(34)22-30)38-26-50-44(52-38)40-10-8-20-56(40)46(58)42(28(3)4)54-48(60)62-6/h11-18,21-28,39-42H,7-10,19-20H2,1-6H3,(H,49,51)(H,50,52)(H,53,59)(H,54,60)/t39-,40-,41-,42?/m0/s1. The van der Waals surface area contributed by atoms with Gasteiger partial charge in [-0.1, -0.05) is 76.2 Å². The van der Waals surface area contributed by atoms with E-state index in [2.05, 4.69) is 93.4 Å². The third kappa shape index (κ3) is 8.46. The van der Waals surface area contributed by atoms with E-state index in [1.807, 2.05) is 49.9 Å². The third-order valence-corrected chi connectivity index (χ3v) is 12.3. The van der Waals surface area contributed by atoms with E-state index in [4.69, 9.17) is 19.4 Å². The van der Waals surface area contributed by atoms with Gasteiger partial charge in [0.05, 0.1) is 50.1 Å². The molecule has 4 aromatic carbocycles. The van der Waals surface area contributed by atoms with E-state index in [0.717, 1.165) is 92.5 Å². The van der Waals surface area contributed by atoms with Crippen LogP contribution in [0.15, 0.2) is 85.2 Å². The maximum absolute atomic E-state index is 13.6. The zero-order chi connectivity index (χ0) is 43.7. The van der Waals surface area contributed by atoms with Crippen molar-refractivity contribution in [1.29, 1.82) is 0 Å². The molecule has 14 nitrogen and oxygen atoms in total. The summed E-state index contributed by atoms with van der Waals surface area (Å²) in [5, 5.41) is 9.84. The highest BCUT2D eigenvalue weighted by molar-refractivity contribution is 5.94. The minimum atomic E-state index is -0.688. The second-order valence-electron chi connectivity index (χ2n) is 17.0. The molecule has 322 valence electrons. The van der Waals surface area contributed by atoms with Crippen molar-refractivity contribution < 1.29 is 28.7 Å². The van der Waals surface area contributed by atoms with Gasteiger partial charge in [-0.15, -0.1) is 0 Å². The molecule has 2 aliphatic rings. The van der Waals surface area contributed by atoms with E-state index in [0.29, 0.717) is 13.1 Å². The number of rotatable bonds is 11. The highest BCUT2D eigenvalue weighted by Gasteiger charge is 2.39. The molecule has 0 radical (unpaired) electrons. The lowest BCUT2D eigenvalue weighted by Gasteiger charge is -2.30. The van der Waals surface area contributed by atoms with E-state index in [1.165, 1.54) is 14.2 Å². The number of aromatic amines is 2. The van der Waals surface area contributed by atoms with Gasteiger partial charge in [-0.25, -0.2) is 19.6 Å². The van der Waals surface area contributed by atoms with Crippen LogP contribution >= 0.6 is 0 Å². The second-order valence-corrected chi connectivity index (χ2v) is 17.0. The van der Waals surface area contributed by atoms with Crippen molar-refractivity contribution in [2.24, 2.45) is 11.8 Å². The van der Waals surface area contributed by atoms with Crippen molar-refractivity contribution >= 4 is 45.5 Å². The van der Waals surface area contributed by atoms with Gasteiger partial charge < -0.3 is 39.9 Å². The molecular formula is C48H54N8O6. The number of hydrogen-bond acceptors (Lipinski definition) is 8. The molecule has 62 heavy (non-hydrogen) atoms. The van der Waals surface area contributed by atoms with E-state index in [-0.39, 0.29) is 35.7 Å². The first-order valence-electron chi connectivity index (χ1n) is 21.4. The largest absolute Gasteiger partial charge is 0.453 e. The Balaban J connectivity index is 0.957. The van der Waals surface area contributed by atoms with Crippen LogP contribution in [0.1, 0.15) is 77.1 Å². The number of nitrogens with zero attached hydrogens (tertiary/aromatic N) is 4. The average molecular weight is 839 g/mol. The van der Waals surface area contributed by atoms with Gasteiger partial charge in [0.2, 0.25) is 11.8 Å². The lowest BCUT2D eigenvalue weighted by Crippen LogP contribution is -2.51. The fraction of sp³-hybridized carbons (Fsp3) is 0.375. The summed E-state index contributed by atoms with van der Waals surface area (Å²) in [5.74, 6) is 0.984. The van der Waals surface area contributed by atoms with Gasteiger partial charge in [0.25, 0.3) is 0 Å². The van der Waals surface area contributed by atoms with Crippen molar-refractivity contribution in [3.63, 3.8) is 0 Å². The predicted octanol–water partition coefficient (Wildman–Crippen LogP) is 8.53. The summed E-state index contributed by atoms with van der Waals surface area (Å²) in [6.45, 7) is 8.82. The fourth-order valence-corrected chi connectivity index (χ4v) is 8.88. The summed E-state index contributed by atoms with van der Waals surface area (Å²) in [7, 11) is 2.59. The zero-order valence-corrected chi connectivity index (χ0v) is 36.0. The molecular weight excluding hydrogens is 785 g/mol. The molecule has 2 aliphatic heterocycles. The molecule has 4 atom stereocenters. The molecule has 4 N–H and O–H groups in total. The Kier molecular flexibility index (Phi) is 12.0. The summed E-state index contributed by atoms with van der Waals surface area (Å²) < 4.78 is 9.55. The number of ether oxygens (including phenoxy) is 2. The van der Waals surface area contributed by atoms with Gasteiger partial charge in [0.1, 0.15) is 23.7 Å². The number of H-pyrrole nitrogens is 2. The minimum Gasteiger partial charge on any atom is -0.453 e. The smallest absolute Gasteiger partial charge is 0.407 e. The van der Waals surface area contributed by atoms with Crippen molar-refractivity contribution in [1.82, 2.24) is 40.4 Å². The molecule has 8 rings (SSSR count). The summed E-state index contributed by atoms with van der Waals surface area (Å²) in [5.41, 5.74) is 5.98. The summed E-state index contributed by atoms with van der Waals surface area (Å²) >= 11 is 0. The number of amides is 4. The molecule has 0 bridgehead atoms. The molecule has 0 saturated carbocycles. The fourth-order valence-electron chi connectivity index (χ4n) is 8.88. The molecule has 4 heterocycles. The predicted molar refractivity (Wildman–Crippen MR) is 238 cm³/mol. The van der Waals surface area contributed by atoms with Gasteiger partial charge in [-0.05, 0) is 94.5 Å². The van der Waals surface area contributed by atoms with Gasteiger partial charge in [-0.3, -0.25) is 9.59 Å². The van der Waals surface area contributed by atoms with Crippen LogP contribution < -0.4 is 10.6 Å². The molecule has 1 unspecified atom stereocenters. The monoisotopic (exact) mass is 838 g/mol. The third-order valence-electron chi connectivity index (χ3n) is 12.3. The number of carbonyl (C=O) groups excluding carboxylic acids is 4. The number of likely N-dealkylation sites (tertiary alicyclic amines) is 2. The summed E-state index contributed by atoms with van der Waals surface area (Å²) in [6, 6.07) is 23.9. The Hall–Kier alpha value is -6.70. The Morgan fingerprint density at radius 1 is 0.581 bits per heavy atom. The molecule has 2 aromatic heterocycles. The zero-order valence-electron chi connectivity index (χ0n) is 36.0. The number of methoxy groups -OCH3 is 2. The molecule has 14 heteroatoms. The molecule has 2 saturated heterocycles. The highest BCUT2D eigenvalue weighted by Crippen LogP contribution is 2.36. The van der Waals surface area contributed by atoms with Gasteiger partial charge in [0, 0.05) is 24.2 Å². The van der Waals surface area contributed by atoms with E-state index in [1.54, 1.807) is 0 Å². The lowest BCUT2D eigenvalue weighted by atomic mass is 9.97. The average Bonchev–Trinajstić information content (AvgIpc) is 4.13. The van der Waals surface area contributed by atoms with Crippen LogP contribution in [-0.4, -0.2) is 93.1 Å². The SMILES string of the molecule is COC(=O)NC(C(=O)N1CCC[C@H]1c1ncc(-c2ccc3cc(-c4ccc5cc(-c6cnc([C@@H]7CCCN7C(=O)[C@@H](NC(=O)OC)C(C)C)[nH]6)ccc5c4)ccc3c2)[nH]1)C(C)C. The van der Waals surface area contributed by atoms with E-state index in [9.17, 15) is 19.2 Å². The molecule has 4 amide bonds. The first kappa shape index (κ1) is 42.0. The van der Waals surface area contributed by atoms with Crippen LogP contribution in [-0.2, 0) is 19.1 Å². The first-order chi connectivity index (χ1) is 29.9. The Labute approximate surface area is 360 Å². The number of aromatic nitrogens is 4. The van der Waals surface area contributed by atoms with Crippen molar-refractivity contribution in [3.8, 4) is 33.6 Å². The summed E-state index contributed by atoms with van der Waals surface area (Å²) in [6.07, 6.45) is 5.68. The van der Waals surface area contributed by atoms with Crippen molar-refractivity contribution in [3.05, 3.63) is 96.8 Å². The maximum Gasteiger partial charge on any atom is 0.407 e. The molecule has 2 fully saturated rings. The van der Waals surface area contributed by atoms with Crippen LogP contribution in [0.4, 0.5) is 9.59 Å². The number of benzene rings is 4. The number of nitrogens with one attached hydrogen (secondary N) is 4. The van der Waals surface area contributed by atoms with Crippen LogP contribution in [0, 0.1) is 11.8 Å². The highest BCUT2D eigenvalue weighted by atomic mass is 16.5. The van der Waals surface area contributed by atoms with Crippen molar-refractivity contribution in [2.75, 3.05) is 27.3 Å². The van der Waals surface area contributed by atoms with Gasteiger partial charge in [-0.2, -0.15) is 0 Å². The Morgan fingerprint density at radius 2 is 0.935 bits per heavy atom. The molecule has 0 spiro atoms. The minimum absolute atomic E-state index is 0.105. The Bertz CT molecular complexity index is 2450. The quantitative estimate of drug-likeness (QED) is 0.100. The maximum atomic E-state index is 13.6. The number of alkyl carbamates (subject to hydrolysis) is 2. The van der Waals surface area contributed by atoms with Crippen LogP contribution in [0.25, 0.3) is 55.2 Å². The molecule has 6 aromatic rings. The lowest BCUT2D eigenvalue weighted by molar-refractivity contribution is -0.136. The number of carbonyl (C=O) groups is 4. The first-order valence-corrected chi connectivity index (χ1v) is 21.4.